The number of carbonyl (C=O) groups is 1. The molecule has 3 aromatic carbocycles. The summed E-state index contributed by atoms with van der Waals surface area (Å²) in [5, 5.41) is 0. The van der Waals surface area contributed by atoms with Gasteiger partial charge in [-0.15, -0.1) is 0 Å². The molecule has 1 saturated heterocycles. The lowest BCUT2D eigenvalue weighted by Gasteiger charge is -2.45. The summed E-state index contributed by atoms with van der Waals surface area (Å²) in [4.78, 5) is 24.0. The van der Waals surface area contributed by atoms with Gasteiger partial charge in [0.15, 0.2) is 0 Å². The summed E-state index contributed by atoms with van der Waals surface area (Å²) >= 11 is 0. The molecular formula is C30H30F2N4O2. The molecule has 0 radical (unpaired) electrons. The molecule has 0 N–H and O–H groups in total. The third-order valence-corrected chi connectivity index (χ3v) is 7.82. The molecule has 0 saturated carbocycles. The zero-order valence-electron chi connectivity index (χ0n) is 21.4. The van der Waals surface area contributed by atoms with E-state index in [9.17, 15) is 9.18 Å². The number of halogens is 2. The predicted molar refractivity (Wildman–Crippen MR) is 144 cm³/mol. The molecule has 3 aromatic rings. The predicted octanol–water partition coefficient (Wildman–Crippen LogP) is 5.39. The number of aryl methyl sites for hydroxylation is 2. The molecule has 196 valence electrons. The van der Waals surface area contributed by atoms with E-state index in [-0.39, 0.29) is 23.9 Å². The van der Waals surface area contributed by atoms with E-state index in [0.29, 0.717) is 37.7 Å². The molecule has 0 aromatic heterocycles. The van der Waals surface area contributed by atoms with Gasteiger partial charge in [0, 0.05) is 43.1 Å². The highest BCUT2D eigenvalue weighted by Gasteiger charge is 2.38. The zero-order chi connectivity index (χ0) is 26.2. The molecule has 6 nitrogen and oxygen atoms in total. The molecule has 2 aliphatic heterocycles. The van der Waals surface area contributed by atoms with Crippen molar-refractivity contribution in [2.45, 2.75) is 31.7 Å². The molecular weight excluding hydrogens is 486 g/mol. The van der Waals surface area contributed by atoms with Gasteiger partial charge >= 0.3 is 5.97 Å². The van der Waals surface area contributed by atoms with Crippen LogP contribution in [0.4, 0.5) is 25.8 Å². The first-order chi connectivity index (χ1) is 18.5. The number of rotatable bonds is 4. The number of nitrogens with zero attached hydrogens (tertiary/aromatic N) is 4. The lowest BCUT2D eigenvalue weighted by atomic mass is 9.96. The molecule has 0 spiro atoms. The fourth-order valence-corrected chi connectivity index (χ4v) is 5.84. The number of fused-ring (bicyclic) bond motifs is 2. The van der Waals surface area contributed by atoms with Crippen molar-refractivity contribution < 1.29 is 18.3 Å². The van der Waals surface area contributed by atoms with E-state index in [1.165, 1.54) is 36.4 Å². The Morgan fingerprint density at radius 3 is 2.39 bits per heavy atom. The maximum absolute atomic E-state index is 15.1. The lowest BCUT2D eigenvalue weighted by molar-refractivity contribution is -0.141. The van der Waals surface area contributed by atoms with E-state index in [2.05, 4.69) is 32.9 Å². The van der Waals surface area contributed by atoms with Crippen molar-refractivity contribution in [2.75, 3.05) is 43.1 Å². The second-order valence-corrected chi connectivity index (χ2v) is 10.0. The lowest BCUT2D eigenvalue weighted by Crippen LogP contribution is -2.55. The number of anilines is 2. The Hall–Kier alpha value is -3.94. The molecule has 1 aliphatic carbocycles. The number of carbonyl (C=O) groups excluding carboxylic acids is 1. The van der Waals surface area contributed by atoms with Gasteiger partial charge in [0.05, 0.1) is 19.6 Å². The van der Waals surface area contributed by atoms with Crippen LogP contribution >= 0.6 is 0 Å². The van der Waals surface area contributed by atoms with E-state index in [1.807, 2.05) is 6.07 Å². The van der Waals surface area contributed by atoms with E-state index in [0.717, 1.165) is 30.6 Å². The zero-order valence-corrected chi connectivity index (χ0v) is 21.4. The molecule has 8 heteroatoms. The maximum atomic E-state index is 15.1. The normalized spacial score (nSPS) is 18.7. The van der Waals surface area contributed by atoms with Crippen molar-refractivity contribution in [1.82, 2.24) is 4.90 Å². The molecule has 0 bridgehead atoms. The van der Waals surface area contributed by atoms with Crippen LogP contribution in [0.15, 0.2) is 65.7 Å². The summed E-state index contributed by atoms with van der Waals surface area (Å²) in [6, 6.07) is 17.4. The first-order valence-electron chi connectivity index (χ1n) is 13.1. The molecule has 1 atom stereocenters. The van der Waals surface area contributed by atoms with E-state index >= 15 is 4.39 Å². The number of hydrogen-bond donors (Lipinski definition) is 0. The Labute approximate surface area is 221 Å². The van der Waals surface area contributed by atoms with Gasteiger partial charge in [-0.3, -0.25) is 4.79 Å². The fraction of sp³-hybridized carbons (Fsp3) is 0.333. The van der Waals surface area contributed by atoms with E-state index in [4.69, 9.17) is 9.73 Å². The number of esters is 1. The number of benzene rings is 3. The van der Waals surface area contributed by atoms with Crippen molar-refractivity contribution in [3.63, 3.8) is 0 Å². The van der Waals surface area contributed by atoms with Crippen LogP contribution in [0, 0.1) is 11.6 Å². The van der Waals surface area contributed by atoms with Crippen molar-refractivity contribution in [1.29, 1.82) is 0 Å². The van der Waals surface area contributed by atoms with Crippen LogP contribution in [0.1, 0.15) is 35.6 Å². The number of ether oxygens (including phenoxy) is 1. The van der Waals surface area contributed by atoms with Gasteiger partial charge in [0.1, 0.15) is 17.3 Å². The summed E-state index contributed by atoms with van der Waals surface area (Å²) in [6.07, 6.45) is 3.29. The van der Waals surface area contributed by atoms with Crippen molar-refractivity contribution in [3.8, 4) is 0 Å². The van der Waals surface area contributed by atoms with Crippen molar-refractivity contribution in [2.24, 2.45) is 4.99 Å². The van der Waals surface area contributed by atoms with Crippen LogP contribution in [-0.2, 0) is 22.4 Å². The third-order valence-electron chi connectivity index (χ3n) is 7.82. The molecule has 38 heavy (non-hydrogen) atoms. The first kappa shape index (κ1) is 24.4. The highest BCUT2D eigenvalue weighted by molar-refractivity contribution is 6.01. The smallest absolute Gasteiger partial charge is 0.307 e. The van der Waals surface area contributed by atoms with Gasteiger partial charge in [0.2, 0.25) is 5.96 Å². The minimum absolute atomic E-state index is 0.0681. The Kier molecular flexibility index (Phi) is 6.47. The number of para-hydroxylation sites is 1. The maximum Gasteiger partial charge on any atom is 0.307 e. The molecule has 1 unspecified atom stereocenters. The highest BCUT2D eigenvalue weighted by atomic mass is 19.1. The second-order valence-electron chi connectivity index (χ2n) is 10.0. The SMILES string of the molecule is COC(=O)CC1c2cccc(F)c2N=C(N2CCN(c3ccc(F)cc3)CC2)N1c1ccc2c(c1)CCC2. The number of methoxy groups -OCH3 is 1. The summed E-state index contributed by atoms with van der Waals surface area (Å²) < 4.78 is 33.6. The van der Waals surface area contributed by atoms with Gasteiger partial charge in [-0.25, -0.2) is 13.8 Å². The summed E-state index contributed by atoms with van der Waals surface area (Å²) in [5.74, 6) is -0.397. The molecule has 0 amide bonds. The van der Waals surface area contributed by atoms with Crippen LogP contribution in [-0.4, -0.2) is 50.1 Å². The van der Waals surface area contributed by atoms with Gasteiger partial charge in [0.25, 0.3) is 0 Å². The Balaban J connectivity index is 1.39. The minimum atomic E-state index is -0.463. The molecule has 3 aliphatic rings. The third kappa shape index (κ3) is 4.48. The standard InChI is InChI=1S/C30H30F2N4O2/c1-38-28(37)19-27-25-6-3-7-26(32)29(25)33-30(36(27)24-11-8-20-4-2-5-21(20)18-24)35-16-14-34(15-17-35)23-12-9-22(31)10-13-23/h3,6-13,18,27H,2,4-5,14-17,19H2,1H3. The second kappa shape index (κ2) is 10.1. The average Bonchev–Trinajstić information content (AvgIpc) is 3.42. The largest absolute Gasteiger partial charge is 0.469 e. The summed E-state index contributed by atoms with van der Waals surface area (Å²) in [5.41, 5.74) is 5.51. The monoisotopic (exact) mass is 516 g/mol. The van der Waals surface area contributed by atoms with Crippen molar-refractivity contribution >= 4 is 29.0 Å². The molecule has 2 heterocycles. The van der Waals surface area contributed by atoms with Crippen LogP contribution in [0.2, 0.25) is 0 Å². The molecule has 1 fully saturated rings. The van der Waals surface area contributed by atoms with Gasteiger partial charge in [-0.2, -0.15) is 0 Å². The topological polar surface area (TPSA) is 48.4 Å². The van der Waals surface area contributed by atoms with Crippen LogP contribution in [0.5, 0.6) is 0 Å². The highest BCUT2D eigenvalue weighted by Crippen LogP contribution is 2.43. The Morgan fingerprint density at radius 1 is 0.921 bits per heavy atom. The van der Waals surface area contributed by atoms with Crippen molar-refractivity contribution in [3.05, 3.63) is 89.0 Å². The Morgan fingerprint density at radius 2 is 1.63 bits per heavy atom. The van der Waals surface area contributed by atoms with E-state index in [1.54, 1.807) is 18.2 Å². The number of piperazine rings is 1. The van der Waals surface area contributed by atoms with Crippen LogP contribution < -0.4 is 9.80 Å². The quantitative estimate of drug-likeness (QED) is 0.436. The summed E-state index contributed by atoms with van der Waals surface area (Å²) in [7, 11) is 1.38. The van der Waals surface area contributed by atoms with Gasteiger partial charge < -0.3 is 19.4 Å². The summed E-state index contributed by atoms with van der Waals surface area (Å²) in [6.45, 7) is 2.70. The molecule has 6 rings (SSSR count). The first-order valence-corrected chi connectivity index (χ1v) is 13.1. The minimum Gasteiger partial charge on any atom is -0.469 e. The van der Waals surface area contributed by atoms with Gasteiger partial charge in [-0.1, -0.05) is 18.2 Å². The number of aliphatic imine (C=N–C) groups is 1. The van der Waals surface area contributed by atoms with E-state index < -0.39 is 11.9 Å². The van der Waals surface area contributed by atoms with Crippen LogP contribution in [0.25, 0.3) is 0 Å². The average molecular weight is 517 g/mol. The number of hydrogen-bond acceptors (Lipinski definition) is 6. The van der Waals surface area contributed by atoms with Crippen LogP contribution in [0.3, 0.4) is 0 Å². The van der Waals surface area contributed by atoms with Gasteiger partial charge in [-0.05, 0) is 72.9 Å². The fourth-order valence-electron chi connectivity index (χ4n) is 5.84. The number of guanidine groups is 1. The Bertz CT molecular complexity index is 1380.